The lowest BCUT2D eigenvalue weighted by Crippen LogP contribution is -2.30. The van der Waals surface area contributed by atoms with E-state index in [1.807, 2.05) is 6.08 Å². The molecule has 0 aliphatic heterocycles. The van der Waals surface area contributed by atoms with Gasteiger partial charge in [-0.3, -0.25) is 9.59 Å². The molecule has 1 unspecified atom stereocenters. The van der Waals surface area contributed by atoms with Gasteiger partial charge in [-0.1, -0.05) is 213 Å². The normalized spacial score (nSPS) is 13.3. The minimum absolute atomic E-state index is 0.0328. The molecule has 0 saturated carbocycles. The summed E-state index contributed by atoms with van der Waals surface area (Å²) in [6, 6.07) is 0. The number of rotatable bonds is 44. The molecule has 0 aromatic carbocycles. The van der Waals surface area contributed by atoms with Crippen molar-refractivity contribution >= 4 is 11.9 Å². The summed E-state index contributed by atoms with van der Waals surface area (Å²) in [5, 5.41) is 0. The van der Waals surface area contributed by atoms with Gasteiger partial charge in [-0.25, -0.2) is 0 Å². The number of esters is 2. The van der Waals surface area contributed by atoms with Crippen LogP contribution in [0, 0.1) is 0 Å². The number of allylic oxidation sites excluding steroid dienone is 20. The Bertz CT molecular complexity index is 1290. The van der Waals surface area contributed by atoms with Gasteiger partial charge in [0, 0.05) is 19.4 Å². The van der Waals surface area contributed by atoms with Gasteiger partial charge in [0.15, 0.2) is 6.10 Å². The second-order valence-corrected chi connectivity index (χ2v) is 16.0. The fourth-order valence-electron chi connectivity index (χ4n) is 6.35. The Labute approximate surface area is 382 Å². The van der Waals surface area contributed by atoms with Crippen LogP contribution >= 0.6 is 0 Å². The van der Waals surface area contributed by atoms with Crippen LogP contribution in [-0.4, -0.2) is 37.9 Å². The maximum Gasteiger partial charge on any atom is 0.306 e. The number of hydrogen-bond acceptors (Lipinski definition) is 5. The molecule has 0 saturated heterocycles. The molecule has 0 N–H and O–H groups in total. The highest BCUT2D eigenvalue weighted by atomic mass is 16.6. The summed E-state index contributed by atoms with van der Waals surface area (Å²) in [6.45, 7) is 7.47. The van der Waals surface area contributed by atoms with Crippen molar-refractivity contribution in [3.05, 3.63) is 122 Å². The van der Waals surface area contributed by atoms with Crippen LogP contribution in [0.3, 0.4) is 0 Å². The monoisotopic (exact) mass is 857 g/mol. The summed E-state index contributed by atoms with van der Waals surface area (Å²) in [5.41, 5.74) is 0. The number of ether oxygens (including phenoxy) is 3. The first-order valence-corrected chi connectivity index (χ1v) is 25.1. The van der Waals surface area contributed by atoms with Crippen LogP contribution in [0.4, 0.5) is 0 Å². The second kappa shape index (κ2) is 51.6. The van der Waals surface area contributed by atoms with E-state index in [2.05, 4.69) is 136 Å². The number of unbranched alkanes of at least 4 members (excludes halogenated alkanes) is 13. The molecular weight excluding hydrogens is 765 g/mol. The summed E-state index contributed by atoms with van der Waals surface area (Å²) < 4.78 is 17.2. The van der Waals surface area contributed by atoms with Gasteiger partial charge in [0.25, 0.3) is 0 Å². The van der Waals surface area contributed by atoms with Crippen LogP contribution in [0.15, 0.2) is 122 Å². The first-order chi connectivity index (χ1) is 30.6. The maximum absolute atomic E-state index is 12.8. The molecule has 0 bridgehead atoms. The minimum atomic E-state index is -0.579. The molecule has 5 nitrogen and oxygen atoms in total. The molecule has 0 aliphatic rings. The molecule has 0 fully saturated rings. The van der Waals surface area contributed by atoms with Gasteiger partial charge >= 0.3 is 11.9 Å². The van der Waals surface area contributed by atoms with Crippen LogP contribution in [-0.2, 0) is 23.8 Å². The van der Waals surface area contributed by atoms with Crippen molar-refractivity contribution < 1.29 is 23.8 Å². The topological polar surface area (TPSA) is 61.8 Å². The van der Waals surface area contributed by atoms with Gasteiger partial charge in [0.05, 0.1) is 6.61 Å². The number of carbonyl (C=O) groups excluding carboxylic acids is 2. The Morgan fingerprint density at radius 2 is 0.758 bits per heavy atom. The molecule has 1 atom stereocenters. The van der Waals surface area contributed by atoms with Gasteiger partial charge in [0.1, 0.15) is 6.61 Å². The third-order valence-corrected chi connectivity index (χ3v) is 10.0. The predicted molar refractivity (Wildman–Crippen MR) is 269 cm³/mol. The lowest BCUT2D eigenvalue weighted by molar-refractivity contribution is -0.162. The van der Waals surface area contributed by atoms with Crippen LogP contribution in [0.25, 0.3) is 0 Å². The van der Waals surface area contributed by atoms with Gasteiger partial charge in [-0.05, 0) is 96.3 Å². The maximum atomic E-state index is 12.8. The Morgan fingerprint density at radius 1 is 0.371 bits per heavy atom. The number of hydrogen-bond donors (Lipinski definition) is 0. The third kappa shape index (κ3) is 49.0. The lowest BCUT2D eigenvalue weighted by Gasteiger charge is -2.18. The van der Waals surface area contributed by atoms with Crippen molar-refractivity contribution in [1.82, 2.24) is 0 Å². The van der Waals surface area contributed by atoms with Crippen LogP contribution in [0.5, 0.6) is 0 Å². The average molecular weight is 857 g/mol. The zero-order valence-corrected chi connectivity index (χ0v) is 40.1. The van der Waals surface area contributed by atoms with Crippen molar-refractivity contribution in [2.45, 2.75) is 207 Å². The Hall–Kier alpha value is -3.70. The first-order valence-electron chi connectivity index (χ1n) is 25.1. The molecule has 5 heteroatoms. The minimum Gasteiger partial charge on any atom is -0.462 e. The van der Waals surface area contributed by atoms with Gasteiger partial charge < -0.3 is 14.2 Å². The second-order valence-electron chi connectivity index (χ2n) is 16.0. The lowest BCUT2D eigenvalue weighted by atomic mass is 10.1. The van der Waals surface area contributed by atoms with E-state index in [4.69, 9.17) is 14.2 Å². The molecule has 0 spiro atoms. The van der Waals surface area contributed by atoms with Crippen LogP contribution in [0.1, 0.15) is 201 Å². The number of carbonyl (C=O) groups is 2. The molecule has 62 heavy (non-hydrogen) atoms. The van der Waals surface area contributed by atoms with Gasteiger partial charge in [-0.2, -0.15) is 0 Å². The molecular formula is C57H92O5. The first kappa shape index (κ1) is 58.3. The van der Waals surface area contributed by atoms with E-state index in [0.29, 0.717) is 25.9 Å². The van der Waals surface area contributed by atoms with Crippen molar-refractivity contribution in [2.24, 2.45) is 0 Å². The highest BCUT2D eigenvalue weighted by Gasteiger charge is 2.17. The molecule has 0 heterocycles. The SMILES string of the molecule is CC/C=C\C/C=C\C/C=C\C/C=C\C/C=C\C/C=C\CCC(=O)OCC(COCCCCCCCCCC)OC(=O)CCCCCCCC/C=C\C/C=C\C/C=C\C/C=C\CC. The molecule has 0 amide bonds. The molecule has 0 aromatic heterocycles. The fourth-order valence-corrected chi connectivity index (χ4v) is 6.35. The fraction of sp³-hybridized carbons (Fsp3) is 0.614. The van der Waals surface area contributed by atoms with Crippen molar-refractivity contribution in [3.63, 3.8) is 0 Å². The van der Waals surface area contributed by atoms with E-state index in [1.54, 1.807) is 0 Å². The smallest absolute Gasteiger partial charge is 0.306 e. The largest absolute Gasteiger partial charge is 0.462 e. The molecule has 0 rings (SSSR count). The van der Waals surface area contributed by atoms with Gasteiger partial charge in [0.2, 0.25) is 0 Å². The quantitative estimate of drug-likeness (QED) is 0.0347. The molecule has 0 aliphatic carbocycles. The van der Waals surface area contributed by atoms with E-state index in [0.717, 1.165) is 103 Å². The van der Waals surface area contributed by atoms with E-state index in [1.165, 1.54) is 57.8 Å². The summed E-state index contributed by atoms with van der Waals surface area (Å²) in [5.74, 6) is -0.519. The van der Waals surface area contributed by atoms with Gasteiger partial charge in [-0.15, -0.1) is 0 Å². The predicted octanol–water partition coefficient (Wildman–Crippen LogP) is 17.0. The summed E-state index contributed by atoms with van der Waals surface area (Å²) in [4.78, 5) is 25.3. The van der Waals surface area contributed by atoms with E-state index < -0.39 is 6.10 Å². The van der Waals surface area contributed by atoms with Crippen LogP contribution in [0.2, 0.25) is 0 Å². The zero-order chi connectivity index (χ0) is 44.9. The Balaban J connectivity index is 4.34. The standard InChI is InChI=1S/C57H92O5/c1-4-7-10-13-16-19-21-23-25-27-29-31-33-35-37-39-41-44-47-50-56(58)61-54-55(53-60-52-49-46-43-18-15-12-9-6-3)62-57(59)51-48-45-42-40-38-36-34-32-30-28-26-24-22-20-17-14-11-8-5-2/h7-8,10-11,16-17,19-20,23-26,29-32,35,37,41,44,55H,4-6,9,12-15,18,21-22,27-28,33-34,36,38-40,42-43,45-54H2,1-3H3/b10-7-,11-8-,19-16-,20-17-,25-23-,26-24-,31-29-,32-30-,37-35-,44-41-. The molecule has 350 valence electrons. The van der Waals surface area contributed by atoms with Crippen LogP contribution < -0.4 is 0 Å². The highest BCUT2D eigenvalue weighted by Crippen LogP contribution is 2.12. The summed E-state index contributed by atoms with van der Waals surface area (Å²) in [6.07, 6.45) is 72.2. The van der Waals surface area contributed by atoms with E-state index >= 15 is 0 Å². The van der Waals surface area contributed by atoms with Crippen molar-refractivity contribution in [3.8, 4) is 0 Å². The molecule has 0 aromatic rings. The van der Waals surface area contributed by atoms with E-state index in [9.17, 15) is 9.59 Å². The Morgan fingerprint density at radius 3 is 1.23 bits per heavy atom. The third-order valence-electron chi connectivity index (χ3n) is 10.0. The van der Waals surface area contributed by atoms with E-state index in [-0.39, 0.29) is 25.2 Å². The van der Waals surface area contributed by atoms with Crippen molar-refractivity contribution in [2.75, 3.05) is 19.8 Å². The average Bonchev–Trinajstić information content (AvgIpc) is 3.27. The zero-order valence-electron chi connectivity index (χ0n) is 40.1. The highest BCUT2D eigenvalue weighted by molar-refractivity contribution is 5.70. The molecule has 0 radical (unpaired) electrons. The summed E-state index contributed by atoms with van der Waals surface area (Å²) >= 11 is 0. The Kier molecular flexibility index (Phi) is 48.6. The van der Waals surface area contributed by atoms with Crippen molar-refractivity contribution in [1.29, 1.82) is 0 Å². The summed E-state index contributed by atoms with van der Waals surface area (Å²) in [7, 11) is 0.